The van der Waals surface area contributed by atoms with Gasteiger partial charge in [-0.25, -0.2) is 0 Å². The molecule has 4 aromatic carbocycles. The van der Waals surface area contributed by atoms with Crippen LogP contribution in [0.25, 0.3) is 48.9 Å². The van der Waals surface area contributed by atoms with Gasteiger partial charge in [0.05, 0.1) is 0 Å². The first-order valence-electron chi connectivity index (χ1n) is 8.84. The minimum atomic E-state index is 1.05. The van der Waals surface area contributed by atoms with E-state index in [4.69, 9.17) is 5.10 Å². The molecule has 0 radical (unpaired) electrons. The molecule has 2 nitrogen and oxygen atoms in total. The van der Waals surface area contributed by atoms with Crippen molar-refractivity contribution in [3.05, 3.63) is 91.0 Å². The standard InChI is InChI=1S/C24H15N2/c1-6-12-23-16(7-1)13-14-17-15-22-20-10-3-2-8-18(20)19-9-4-5-11-21(19)24(22)25-26(17)23/h1-15H/q+1. The van der Waals surface area contributed by atoms with Crippen LogP contribution in [0.1, 0.15) is 0 Å². The number of rotatable bonds is 0. The molecule has 0 saturated heterocycles. The van der Waals surface area contributed by atoms with Gasteiger partial charge in [-0.2, -0.15) is 0 Å². The molecule has 0 unspecified atom stereocenters. The lowest BCUT2D eigenvalue weighted by Crippen LogP contribution is -2.27. The van der Waals surface area contributed by atoms with Gasteiger partial charge in [0.2, 0.25) is 11.0 Å². The molecular formula is C24H15N2+. The monoisotopic (exact) mass is 331 g/mol. The van der Waals surface area contributed by atoms with Crippen LogP contribution < -0.4 is 4.52 Å². The molecule has 0 atom stereocenters. The van der Waals surface area contributed by atoms with E-state index >= 15 is 0 Å². The van der Waals surface area contributed by atoms with E-state index in [9.17, 15) is 0 Å². The first-order valence-corrected chi connectivity index (χ1v) is 8.84. The third kappa shape index (κ3) is 1.76. The summed E-state index contributed by atoms with van der Waals surface area (Å²) in [6, 6.07) is 32.2. The molecule has 0 spiro atoms. The lowest BCUT2D eigenvalue weighted by Gasteiger charge is -2.08. The van der Waals surface area contributed by atoms with Crippen molar-refractivity contribution in [3.63, 3.8) is 0 Å². The van der Waals surface area contributed by atoms with E-state index in [2.05, 4.69) is 95.5 Å². The quantitative estimate of drug-likeness (QED) is 0.206. The maximum absolute atomic E-state index is 5.10. The highest BCUT2D eigenvalue weighted by Crippen LogP contribution is 2.33. The molecule has 120 valence electrons. The van der Waals surface area contributed by atoms with Crippen LogP contribution in [0.3, 0.4) is 0 Å². The Morgan fingerprint density at radius 1 is 0.538 bits per heavy atom. The van der Waals surface area contributed by atoms with E-state index in [0.717, 1.165) is 16.6 Å². The first kappa shape index (κ1) is 13.7. The third-order valence-corrected chi connectivity index (χ3v) is 5.28. The average Bonchev–Trinajstić information content (AvgIpc) is 2.73. The normalized spacial score (nSPS) is 11.8. The topological polar surface area (TPSA) is 17.0 Å². The second kappa shape index (κ2) is 4.99. The van der Waals surface area contributed by atoms with Crippen LogP contribution in [0.2, 0.25) is 0 Å². The molecule has 26 heavy (non-hydrogen) atoms. The van der Waals surface area contributed by atoms with E-state index in [1.165, 1.54) is 32.3 Å². The Balaban J connectivity index is 1.95. The van der Waals surface area contributed by atoms with E-state index in [-0.39, 0.29) is 0 Å². The molecule has 2 heterocycles. The summed E-state index contributed by atoms with van der Waals surface area (Å²) in [4.78, 5) is 0. The highest BCUT2D eigenvalue weighted by atomic mass is 15.2. The molecule has 0 fully saturated rings. The molecule has 6 rings (SSSR count). The van der Waals surface area contributed by atoms with Crippen molar-refractivity contribution in [1.29, 1.82) is 0 Å². The van der Waals surface area contributed by atoms with Crippen LogP contribution in [0.5, 0.6) is 0 Å². The largest absolute Gasteiger partial charge is 0.245 e. The van der Waals surface area contributed by atoms with Gasteiger partial charge in [-0.3, -0.25) is 0 Å². The average molecular weight is 331 g/mol. The Morgan fingerprint density at radius 2 is 1.15 bits per heavy atom. The van der Waals surface area contributed by atoms with Crippen LogP contribution in [0.15, 0.2) is 91.0 Å². The van der Waals surface area contributed by atoms with Crippen LogP contribution in [0, 0.1) is 0 Å². The van der Waals surface area contributed by atoms with Gasteiger partial charge in [-0.1, -0.05) is 60.7 Å². The van der Waals surface area contributed by atoms with Crippen molar-refractivity contribution < 1.29 is 4.52 Å². The van der Waals surface area contributed by atoms with Crippen LogP contribution in [-0.2, 0) is 0 Å². The Morgan fingerprint density at radius 3 is 1.96 bits per heavy atom. The van der Waals surface area contributed by atoms with Gasteiger partial charge in [0.15, 0.2) is 0 Å². The molecule has 0 bridgehead atoms. The van der Waals surface area contributed by atoms with Gasteiger partial charge in [0.1, 0.15) is 5.52 Å². The second-order valence-corrected chi connectivity index (χ2v) is 6.73. The molecule has 0 amide bonds. The Hall–Kier alpha value is -3.52. The number of aromatic nitrogens is 2. The van der Waals surface area contributed by atoms with Gasteiger partial charge in [0, 0.05) is 39.5 Å². The number of pyridine rings is 1. The summed E-state index contributed by atoms with van der Waals surface area (Å²) in [6.45, 7) is 0. The van der Waals surface area contributed by atoms with E-state index in [0.29, 0.717) is 0 Å². The number of para-hydroxylation sites is 1. The molecule has 6 aromatic rings. The van der Waals surface area contributed by atoms with Crippen molar-refractivity contribution in [2.75, 3.05) is 0 Å². The van der Waals surface area contributed by atoms with Crippen LogP contribution in [0.4, 0.5) is 0 Å². The molecule has 0 saturated carbocycles. The Bertz CT molecular complexity index is 1480. The predicted molar refractivity (Wildman–Crippen MR) is 107 cm³/mol. The first-order chi connectivity index (χ1) is 12.9. The van der Waals surface area contributed by atoms with E-state index in [1.807, 2.05) is 0 Å². The molecule has 0 aliphatic heterocycles. The van der Waals surface area contributed by atoms with Crippen LogP contribution in [-0.4, -0.2) is 5.10 Å². The fourth-order valence-electron chi connectivity index (χ4n) is 4.08. The van der Waals surface area contributed by atoms with Gasteiger partial charge >= 0.3 is 0 Å². The summed E-state index contributed by atoms with van der Waals surface area (Å²) in [5.74, 6) is 0. The summed E-state index contributed by atoms with van der Waals surface area (Å²) in [5, 5.41) is 12.5. The maximum atomic E-state index is 5.10. The summed E-state index contributed by atoms with van der Waals surface area (Å²) >= 11 is 0. The van der Waals surface area contributed by atoms with Crippen molar-refractivity contribution in [2.45, 2.75) is 0 Å². The second-order valence-electron chi connectivity index (χ2n) is 6.73. The number of hydrogen-bond donors (Lipinski definition) is 0. The number of nitrogens with zero attached hydrogens (tertiary/aromatic N) is 2. The van der Waals surface area contributed by atoms with Gasteiger partial charge in [-0.05, 0) is 32.8 Å². The van der Waals surface area contributed by atoms with Gasteiger partial charge in [0.25, 0.3) is 0 Å². The van der Waals surface area contributed by atoms with E-state index in [1.54, 1.807) is 0 Å². The third-order valence-electron chi connectivity index (χ3n) is 5.28. The zero-order chi connectivity index (χ0) is 17.1. The number of hydrogen-bond acceptors (Lipinski definition) is 1. The molecule has 2 aromatic heterocycles. The van der Waals surface area contributed by atoms with Crippen molar-refractivity contribution in [2.24, 2.45) is 0 Å². The van der Waals surface area contributed by atoms with Crippen LogP contribution >= 0.6 is 0 Å². The smallest absolute Gasteiger partial charge is 0.0616 e. The summed E-state index contributed by atoms with van der Waals surface area (Å²) in [6.07, 6.45) is 0. The lowest BCUT2D eigenvalue weighted by molar-refractivity contribution is -0.549. The lowest BCUT2D eigenvalue weighted by atomic mass is 9.97. The predicted octanol–water partition coefficient (Wildman–Crippen LogP) is 5.43. The van der Waals surface area contributed by atoms with Crippen molar-refractivity contribution in [1.82, 2.24) is 5.10 Å². The fraction of sp³-hybridized carbons (Fsp3) is 0. The van der Waals surface area contributed by atoms with Crippen molar-refractivity contribution >= 4 is 48.9 Å². The minimum absolute atomic E-state index is 1.05. The van der Waals surface area contributed by atoms with E-state index < -0.39 is 0 Å². The zero-order valence-corrected chi connectivity index (χ0v) is 14.1. The Kier molecular flexibility index (Phi) is 2.64. The number of benzene rings is 4. The van der Waals surface area contributed by atoms with Gasteiger partial charge < -0.3 is 0 Å². The molecule has 0 aliphatic carbocycles. The van der Waals surface area contributed by atoms with Crippen molar-refractivity contribution in [3.8, 4) is 0 Å². The SMILES string of the molecule is c1ccc2c(c1)ccc1cc3c4ccccc4c4ccccc4c3n[n+]12. The fourth-order valence-corrected chi connectivity index (χ4v) is 4.08. The highest BCUT2D eigenvalue weighted by Gasteiger charge is 2.16. The molecule has 2 heteroatoms. The summed E-state index contributed by atoms with van der Waals surface area (Å²) < 4.78 is 2.07. The number of fused-ring (bicyclic) bond motifs is 9. The van der Waals surface area contributed by atoms with Gasteiger partial charge in [-0.15, -0.1) is 0 Å². The summed E-state index contributed by atoms with van der Waals surface area (Å²) in [7, 11) is 0. The molecular weight excluding hydrogens is 316 g/mol. The maximum Gasteiger partial charge on any atom is 0.245 e. The molecule has 0 N–H and O–H groups in total. The Labute approximate surface area is 149 Å². The summed E-state index contributed by atoms with van der Waals surface area (Å²) in [5.41, 5.74) is 3.29. The molecule has 0 aliphatic rings. The highest BCUT2D eigenvalue weighted by molar-refractivity contribution is 6.24. The zero-order valence-electron chi connectivity index (χ0n) is 14.1. The minimum Gasteiger partial charge on any atom is -0.0616 e.